The van der Waals surface area contributed by atoms with Crippen molar-refractivity contribution in [2.45, 2.75) is 72.6 Å². The highest BCUT2D eigenvalue weighted by molar-refractivity contribution is 6.11. The molecule has 0 atom stereocenters. The largest absolute Gasteiger partial charge is 0.492 e. The quantitative estimate of drug-likeness (QED) is 0.222. The van der Waals surface area contributed by atoms with Gasteiger partial charge < -0.3 is 9.47 Å². The Labute approximate surface area is 182 Å². The van der Waals surface area contributed by atoms with E-state index in [-0.39, 0.29) is 0 Å². The number of unbranched alkanes of at least 4 members (excludes halogenated alkanes) is 2. The normalized spacial score (nSPS) is 11.5. The molecule has 3 rings (SSSR count). The van der Waals surface area contributed by atoms with Crippen LogP contribution in [0.1, 0.15) is 71.8 Å². The molecule has 0 aliphatic heterocycles. The molecule has 162 valence electrons. The minimum Gasteiger partial charge on any atom is -0.492 e. The molecule has 0 aliphatic carbocycles. The van der Waals surface area contributed by atoms with E-state index in [2.05, 4.69) is 70.2 Å². The van der Waals surface area contributed by atoms with E-state index < -0.39 is 0 Å². The van der Waals surface area contributed by atoms with Gasteiger partial charge in [0.05, 0.1) is 13.2 Å². The van der Waals surface area contributed by atoms with Gasteiger partial charge in [0.15, 0.2) is 0 Å². The van der Waals surface area contributed by atoms with Gasteiger partial charge in [-0.15, -0.1) is 0 Å². The fourth-order valence-electron chi connectivity index (χ4n) is 3.96. The zero-order chi connectivity index (χ0) is 21.3. The molecule has 0 radical (unpaired) electrons. The highest BCUT2D eigenvalue weighted by Crippen LogP contribution is 2.43. The van der Waals surface area contributed by atoms with Gasteiger partial charge in [-0.3, -0.25) is 0 Å². The third-order valence-corrected chi connectivity index (χ3v) is 5.73. The Balaban J connectivity index is 2.10. The lowest BCUT2D eigenvalue weighted by molar-refractivity contribution is 0.311. The Bertz CT molecular complexity index is 942. The van der Waals surface area contributed by atoms with Gasteiger partial charge in [0.2, 0.25) is 0 Å². The Morgan fingerprint density at radius 2 is 1.27 bits per heavy atom. The van der Waals surface area contributed by atoms with Crippen LogP contribution in [0.2, 0.25) is 0 Å². The average molecular weight is 407 g/mol. The van der Waals surface area contributed by atoms with Crippen molar-refractivity contribution in [2.24, 2.45) is 5.92 Å². The maximum Gasteiger partial charge on any atom is 0.135 e. The average Bonchev–Trinajstić information content (AvgIpc) is 2.75. The van der Waals surface area contributed by atoms with Crippen LogP contribution in [0, 0.1) is 5.92 Å². The molecule has 0 unspecified atom stereocenters. The molecule has 2 nitrogen and oxygen atoms in total. The molecular weight excluding hydrogens is 368 g/mol. The first-order valence-corrected chi connectivity index (χ1v) is 11.9. The second-order valence-corrected chi connectivity index (χ2v) is 8.77. The summed E-state index contributed by atoms with van der Waals surface area (Å²) >= 11 is 0. The van der Waals surface area contributed by atoms with Crippen LogP contribution in [0.3, 0.4) is 0 Å². The van der Waals surface area contributed by atoms with Crippen molar-refractivity contribution in [3.05, 3.63) is 48.0 Å². The second-order valence-electron chi connectivity index (χ2n) is 8.77. The van der Waals surface area contributed by atoms with E-state index in [0.29, 0.717) is 0 Å². The van der Waals surface area contributed by atoms with E-state index >= 15 is 0 Å². The molecule has 0 amide bonds. The topological polar surface area (TPSA) is 18.5 Å². The zero-order valence-electron chi connectivity index (χ0n) is 19.3. The SMILES string of the molecule is CCCCOc1c2ccccc2c(OCCCC)c2cc(CCCC(C)C)ccc12. The molecule has 0 heterocycles. The van der Waals surface area contributed by atoms with E-state index in [1.165, 1.54) is 29.2 Å². The van der Waals surface area contributed by atoms with Crippen molar-refractivity contribution in [1.82, 2.24) is 0 Å². The second kappa shape index (κ2) is 11.2. The lowest BCUT2D eigenvalue weighted by Crippen LogP contribution is -2.02. The van der Waals surface area contributed by atoms with Crippen molar-refractivity contribution in [3.8, 4) is 11.5 Å². The number of ether oxygens (including phenoxy) is 2. The first-order valence-electron chi connectivity index (χ1n) is 11.9. The van der Waals surface area contributed by atoms with Gasteiger partial charge in [0, 0.05) is 21.5 Å². The van der Waals surface area contributed by atoms with Crippen LogP contribution in [-0.2, 0) is 6.42 Å². The molecule has 0 saturated heterocycles. The molecule has 0 saturated carbocycles. The number of fused-ring (bicyclic) bond motifs is 2. The van der Waals surface area contributed by atoms with Crippen LogP contribution in [0.25, 0.3) is 21.5 Å². The fraction of sp³-hybridized carbons (Fsp3) is 0.500. The smallest absolute Gasteiger partial charge is 0.135 e. The van der Waals surface area contributed by atoms with Crippen LogP contribution in [0.5, 0.6) is 11.5 Å². The van der Waals surface area contributed by atoms with Crippen LogP contribution >= 0.6 is 0 Å². The van der Waals surface area contributed by atoms with Gasteiger partial charge >= 0.3 is 0 Å². The number of aryl methyl sites for hydroxylation is 1. The van der Waals surface area contributed by atoms with E-state index in [1.807, 2.05) is 0 Å². The van der Waals surface area contributed by atoms with Crippen molar-refractivity contribution in [3.63, 3.8) is 0 Å². The third-order valence-electron chi connectivity index (χ3n) is 5.73. The lowest BCUT2D eigenvalue weighted by atomic mass is 9.96. The Morgan fingerprint density at radius 3 is 1.83 bits per heavy atom. The van der Waals surface area contributed by atoms with Gasteiger partial charge in [0.25, 0.3) is 0 Å². The summed E-state index contributed by atoms with van der Waals surface area (Å²) in [6.45, 7) is 10.5. The number of rotatable bonds is 12. The highest BCUT2D eigenvalue weighted by Gasteiger charge is 2.16. The van der Waals surface area contributed by atoms with Crippen molar-refractivity contribution in [2.75, 3.05) is 13.2 Å². The van der Waals surface area contributed by atoms with Gasteiger partial charge in [-0.1, -0.05) is 83.4 Å². The van der Waals surface area contributed by atoms with E-state index in [4.69, 9.17) is 9.47 Å². The predicted octanol–water partition coefficient (Wildman–Crippen LogP) is 8.33. The minimum absolute atomic E-state index is 0.751. The molecule has 0 spiro atoms. The highest BCUT2D eigenvalue weighted by atomic mass is 16.5. The molecule has 3 aromatic carbocycles. The molecule has 30 heavy (non-hydrogen) atoms. The maximum absolute atomic E-state index is 6.40. The molecule has 2 heteroatoms. The summed E-state index contributed by atoms with van der Waals surface area (Å²) in [6.07, 6.45) is 8.00. The summed E-state index contributed by atoms with van der Waals surface area (Å²) in [5.74, 6) is 2.77. The summed E-state index contributed by atoms with van der Waals surface area (Å²) in [5.41, 5.74) is 1.39. The molecular formula is C28H38O2. The van der Waals surface area contributed by atoms with Crippen LogP contribution in [0.15, 0.2) is 42.5 Å². The lowest BCUT2D eigenvalue weighted by Gasteiger charge is -2.18. The van der Waals surface area contributed by atoms with E-state index in [9.17, 15) is 0 Å². The fourth-order valence-corrected chi connectivity index (χ4v) is 3.96. The number of benzene rings is 3. The number of hydrogen-bond acceptors (Lipinski definition) is 2. The first kappa shape index (κ1) is 22.5. The molecule has 0 aromatic heterocycles. The molecule has 3 aromatic rings. The van der Waals surface area contributed by atoms with Crippen molar-refractivity contribution < 1.29 is 9.47 Å². The third kappa shape index (κ3) is 5.47. The Kier molecular flexibility index (Phi) is 8.42. The molecule has 0 bridgehead atoms. The summed E-state index contributed by atoms with van der Waals surface area (Å²) in [4.78, 5) is 0. The summed E-state index contributed by atoms with van der Waals surface area (Å²) in [5, 5.41) is 4.68. The molecule has 0 aliphatic rings. The van der Waals surface area contributed by atoms with E-state index in [1.54, 1.807) is 0 Å². The number of hydrogen-bond donors (Lipinski definition) is 0. The standard InChI is InChI=1S/C28H38O2/c1-5-7-18-29-27-23-14-9-10-15-24(23)28(30-19-8-6-2)26-20-22(16-17-25(26)27)13-11-12-21(3)4/h9-10,14-17,20-21H,5-8,11-13,18-19H2,1-4H3. The first-order chi connectivity index (χ1) is 14.7. The predicted molar refractivity (Wildman–Crippen MR) is 130 cm³/mol. The van der Waals surface area contributed by atoms with E-state index in [0.717, 1.165) is 73.5 Å². The summed E-state index contributed by atoms with van der Waals surface area (Å²) in [6, 6.07) is 15.4. The maximum atomic E-state index is 6.40. The van der Waals surface area contributed by atoms with Gasteiger partial charge in [0.1, 0.15) is 11.5 Å². The van der Waals surface area contributed by atoms with Crippen LogP contribution in [0.4, 0.5) is 0 Å². The van der Waals surface area contributed by atoms with Gasteiger partial charge in [-0.05, 0) is 43.2 Å². The Morgan fingerprint density at radius 1 is 0.700 bits per heavy atom. The van der Waals surface area contributed by atoms with Gasteiger partial charge in [-0.25, -0.2) is 0 Å². The van der Waals surface area contributed by atoms with Gasteiger partial charge in [-0.2, -0.15) is 0 Å². The summed E-state index contributed by atoms with van der Waals surface area (Å²) < 4.78 is 12.7. The Hall–Kier alpha value is -2.22. The minimum atomic E-state index is 0.751. The van der Waals surface area contributed by atoms with Crippen LogP contribution in [-0.4, -0.2) is 13.2 Å². The monoisotopic (exact) mass is 406 g/mol. The summed E-state index contributed by atoms with van der Waals surface area (Å²) in [7, 11) is 0. The van der Waals surface area contributed by atoms with Crippen molar-refractivity contribution >= 4 is 21.5 Å². The zero-order valence-corrected chi connectivity index (χ0v) is 19.3. The van der Waals surface area contributed by atoms with Crippen LogP contribution < -0.4 is 9.47 Å². The molecule has 0 fully saturated rings. The van der Waals surface area contributed by atoms with Crippen molar-refractivity contribution in [1.29, 1.82) is 0 Å². The molecule has 0 N–H and O–H groups in total.